The minimum Gasteiger partial charge on any atom is -0.494 e. The first kappa shape index (κ1) is 15.7. The van der Waals surface area contributed by atoms with Crippen molar-refractivity contribution in [1.82, 2.24) is 15.0 Å². The van der Waals surface area contributed by atoms with Gasteiger partial charge in [0.25, 0.3) is 0 Å². The Bertz CT molecular complexity index is 907. The van der Waals surface area contributed by atoms with Gasteiger partial charge >= 0.3 is 0 Å². The summed E-state index contributed by atoms with van der Waals surface area (Å²) in [6, 6.07) is 6.02. The number of methoxy groups -OCH3 is 1. The van der Waals surface area contributed by atoms with Gasteiger partial charge in [0.2, 0.25) is 5.95 Å². The average molecular weight is 321 g/mol. The number of fused-ring (bicyclic) bond motifs is 1. The Morgan fingerprint density at radius 2 is 2.04 bits per heavy atom. The molecule has 0 saturated heterocycles. The third-order valence-corrected chi connectivity index (χ3v) is 3.87. The van der Waals surface area contributed by atoms with Crippen molar-refractivity contribution in [2.24, 2.45) is 0 Å². The zero-order valence-electron chi connectivity index (χ0n) is 13.5. The van der Waals surface area contributed by atoms with Crippen molar-refractivity contribution in [3.05, 3.63) is 59.9 Å². The van der Waals surface area contributed by atoms with Crippen LogP contribution in [0.3, 0.4) is 0 Å². The maximum absolute atomic E-state index is 5.98. The zero-order chi connectivity index (χ0) is 17.1. The highest BCUT2D eigenvalue weighted by molar-refractivity contribution is 5.89. The van der Waals surface area contributed by atoms with Crippen molar-refractivity contribution in [1.29, 1.82) is 0 Å². The van der Waals surface area contributed by atoms with Crippen molar-refractivity contribution in [3.8, 4) is 5.75 Å². The molecule has 3 rings (SSSR count). The number of nitrogens with zero attached hydrogens (tertiary/aromatic N) is 3. The second-order valence-corrected chi connectivity index (χ2v) is 5.44. The van der Waals surface area contributed by atoms with Crippen LogP contribution in [0.5, 0.6) is 5.75 Å². The maximum Gasteiger partial charge on any atom is 0.221 e. The normalized spacial score (nSPS) is 10.7. The van der Waals surface area contributed by atoms with Crippen LogP contribution >= 0.6 is 0 Å². The molecule has 0 atom stereocenters. The highest BCUT2D eigenvalue weighted by atomic mass is 16.5. The van der Waals surface area contributed by atoms with E-state index in [0.29, 0.717) is 18.7 Å². The fourth-order valence-electron chi connectivity index (χ4n) is 2.81. The summed E-state index contributed by atoms with van der Waals surface area (Å²) in [4.78, 5) is 12.6. The van der Waals surface area contributed by atoms with Crippen LogP contribution in [0.25, 0.3) is 10.9 Å². The van der Waals surface area contributed by atoms with Gasteiger partial charge in [-0.2, -0.15) is 4.98 Å². The minimum atomic E-state index is 0.171. The summed E-state index contributed by atoms with van der Waals surface area (Å²) < 4.78 is 5.58. The van der Waals surface area contributed by atoms with Crippen LogP contribution in [0.15, 0.2) is 43.2 Å². The molecule has 4 N–H and O–H groups in total. The van der Waals surface area contributed by atoms with E-state index >= 15 is 0 Å². The van der Waals surface area contributed by atoms with E-state index in [-0.39, 0.29) is 5.95 Å². The Kier molecular flexibility index (Phi) is 4.29. The number of anilines is 2. The van der Waals surface area contributed by atoms with Crippen molar-refractivity contribution in [2.45, 2.75) is 12.8 Å². The molecule has 24 heavy (non-hydrogen) atoms. The molecule has 0 amide bonds. The van der Waals surface area contributed by atoms with E-state index in [1.54, 1.807) is 19.5 Å². The van der Waals surface area contributed by atoms with Gasteiger partial charge in [-0.25, -0.2) is 4.98 Å². The number of nitrogens with two attached hydrogens (primary N) is 2. The number of pyridine rings is 1. The predicted molar refractivity (Wildman–Crippen MR) is 95.9 cm³/mol. The SMILES string of the molecule is C=CCc1cc(Cc2cnc(N)nc2N)c2cccnc2c1OC. The van der Waals surface area contributed by atoms with Crippen LogP contribution in [-0.2, 0) is 12.8 Å². The van der Waals surface area contributed by atoms with Gasteiger partial charge in [0.1, 0.15) is 17.1 Å². The monoisotopic (exact) mass is 321 g/mol. The first-order valence-electron chi connectivity index (χ1n) is 7.55. The molecule has 0 radical (unpaired) electrons. The number of hydrogen-bond acceptors (Lipinski definition) is 6. The van der Waals surface area contributed by atoms with E-state index < -0.39 is 0 Å². The summed E-state index contributed by atoms with van der Waals surface area (Å²) in [7, 11) is 1.65. The second-order valence-electron chi connectivity index (χ2n) is 5.44. The molecule has 0 aliphatic carbocycles. The van der Waals surface area contributed by atoms with Crippen LogP contribution in [0.2, 0.25) is 0 Å². The highest BCUT2D eigenvalue weighted by Gasteiger charge is 2.14. The molecule has 0 unspecified atom stereocenters. The van der Waals surface area contributed by atoms with E-state index in [4.69, 9.17) is 16.2 Å². The first-order valence-corrected chi connectivity index (χ1v) is 7.55. The molecule has 1 aromatic carbocycles. The molecule has 0 saturated carbocycles. The molecule has 6 heteroatoms. The molecule has 0 aliphatic rings. The number of allylic oxidation sites excluding steroid dienone is 1. The summed E-state index contributed by atoms with van der Waals surface area (Å²) in [5.74, 6) is 1.33. The zero-order valence-corrected chi connectivity index (χ0v) is 13.5. The van der Waals surface area contributed by atoms with Crippen LogP contribution < -0.4 is 16.2 Å². The third kappa shape index (κ3) is 2.86. The number of hydrogen-bond donors (Lipinski definition) is 2. The van der Waals surface area contributed by atoms with E-state index in [1.807, 2.05) is 18.2 Å². The molecule has 0 fully saturated rings. The molecule has 0 spiro atoms. The molecular weight excluding hydrogens is 302 g/mol. The molecular formula is C18H19N5O. The summed E-state index contributed by atoms with van der Waals surface area (Å²) in [5.41, 5.74) is 15.3. The number of nitrogen functional groups attached to an aromatic ring is 2. The van der Waals surface area contributed by atoms with Gasteiger partial charge in [-0.1, -0.05) is 18.2 Å². The van der Waals surface area contributed by atoms with Crippen molar-refractivity contribution >= 4 is 22.7 Å². The summed E-state index contributed by atoms with van der Waals surface area (Å²) in [6.45, 7) is 3.82. The van der Waals surface area contributed by atoms with Gasteiger partial charge in [-0.3, -0.25) is 4.98 Å². The average Bonchev–Trinajstić information content (AvgIpc) is 2.58. The van der Waals surface area contributed by atoms with Crippen LogP contribution in [0, 0.1) is 0 Å². The van der Waals surface area contributed by atoms with E-state index in [9.17, 15) is 0 Å². The summed E-state index contributed by atoms with van der Waals surface area (Å²) in [5, 5.41) is 1.01. The Balaban J connectivity index is 2.17. The van der Waals surface area contributed by atoms with E-state index in [2.05, 4.69) is 27.6 Å². The van der Waals surface area contributed by atoms with Crippen molar-refractivity contribution < 1.29 is 4.74 Å². The standard InChI is InChI=1S/C18H19N5O/c1-3-5-11-8-12(9-13-10-22-18(20)23-17(13)19)14-6-4-7-21-15(14)16(11)24-2/h3-4,6-8,10H,1,5,9H2,2H3,(H4,19,20,22,23). The third-order valence-electron chi connectivity index (χ3n) is 3.87. The fourth-order valence-corrected chi connectivity index (χ4v) is 2.81. The van der Waals surface area contributed by atoms with Crippen LogP contribution in [0.4, 0.5) is 11.8 Å². The second kappa shape index (κ2) is 6.54. The Morgan fingerprint density at radius 3 is 2.75 bits per heavy atom. The lowest BCUT2D eigenvalue weighted by Crippen LogP contribution is -2.05. The Labute approximate surface area is 140 Å². The van der Waals surface area contributed by atoms with Crippen molar-refractivity contribution in [2.75, 3.05) is 18.6 Å². The minimum absolute atomic E-state index is 0.171. The lowest BCUT2D eigenvalue weighted by atomic mass is 9.96. The van der Waals surface area contributed by atoms with E-state index in [0.717, 1.165) is 33.3 Å². The van der Waals surface area contributed by atoms with Crippen molar-refractivity contribution in [3.63, 3.8) is 0 Å². The molecule has 3 aromatic rings. The van der Waals surface area contributed by atoms with Gasteiger partial charge < -0.3 is 16.2 Å². The van der Waals surface area contributed by atoms with Crippen LogP contribution in [0.1, 0.15) is 16.7 Å². The first-order chi connectivity index (χ1) is 11.6. The number of ether oxygens (including phenoxy) is 1. The highest BCUT2D eigenvalue weighted by Crippen LogP contribution is 2.33. The number of rotatable bonds is 5. The Morgan fingerprint density at radius 1 is 1.21 bits per heavy atom. The quantitative estimate of drug-likeness (QED) is 0.700. The van der Waals surface area contributed by atoms with Gasteiger partial charge in [0.15, 0.2) is 0 Å². The van der Waals surface area contributed by atoms with Gasteiger partial charge in [-0.15, -0.1) is 6.58 Å². The predicted octanol–water partition coefficient (Wildman–Crippen LogP) is 2.52. The molecule has 2 aromatic heterocycles. The molecule has 0 bridgehead atoms. The van der Waals surface area contributed by atoms with Gasteiger partial charge in [0.05, 0.1) is 7.11 Å². The van der Waals surface area contributed by atoms with Gasteiger partial charge in [0, 0.05) is 35.3 Å². The molecule has 122 valence electrons. The fraction of sp³-hybridized carbons (Fsp3) is 0.167. The summed E-state index contributed by atoms with van der Waals surface area (Å²) >= 11 is 0. The lowest BCUT2D eigenvalue weighted by molar-refractivity contribution is 0.415. The molecule has 0 aliphatic heterocycles. The van der Waals surface area contributed by atoms with Crippen LogP contribution in [-0.4, -0.2) is 22.1 Å². The maximum atomic E-state index is 5.98. The summed E-state index contributed by atoms with van der Waals surface area (Å²) in [6.07, 6.45) is 6.54. The number of aromatic nitrogens is 3. The lowest BCUT2D eigenvalue weighted by Gasteiger charge is -2.14. The van der Waals surface area contributed by atoms with Gasteiger partial charge in [-0.05, 0) is 18.1 Å². The molecule has 6 nitrogen and oxygen atoms in total. The Hall–Kier alpha value is -3.15. The molecule has 2 heterocycles. The topological polar surface area (TPSA) is 99.9 Å². The number of benzene rings is 1. The smallest absolute Gasteiger partial charge is 0.221 e. The largest absolute Gasteiger partial charge is 0.494 e. The van der Waals surface area contributed by atoms with E-state index in [1.165, 1.54) is 0 Å².